The highest BCUT2D eigenvalue weighted by atomic mass is 16.5. The summed E-state index contributed by atoms with van der Waals surface area (Å²) in [6, 6.07) is 31.5. The molecule has 0 bridgehead atoms. The zero-order chi connectivity index (χ0) is 23.3. The first-order valence-electron chi connectivity index (χ1n) is 11.3. The van der Waals surface area contributed by atoms with Gasteiger partial charge in [0.15, 0.2) is 0 Å². The number of benzene rings is 3. The first-order valence-corrected chi connectivity index (χ1v) is 11.3. The highest BCUT2D eigenvalue weighted by Crippen LogP contribution is 2.36. The quantitative estimate of drug-likeness (QED) is 0.328. The maximum absolute atomic E-state index is 11.2. The fourth-order valence-electron chi connectivity index (χ4n) is 4.00. The molecule has 0 saturated carbocycles. The van der Waals surface area contributed by atoms with Crippen molar-refractivity contribution in [2.75, 3.05) is 5.32 Å². The van der Waals surface area contributed by atoms with Crippen LogP contribution in [0.3, 0.4) is 0 Å². The molecule has 0 spiro atoms. The van der Waals surface area contributed by atoms with Gasteiger partial charge in [-0.2, -0.15) is 0 Å². The number of phenols is 1. The Hall–Kier alpha value is -4.38. The number of fused-ring (bicyclic) bond motifs is 1. The molecule has 0 amide bonds. The number of hydrogen-bond donors (Lipinski definition) is 2. The molecule has 168 valence electrons. The molecule has 0 saturated heterocycles. The number of ether oxygens (including phenoxy) is 1. The lowest BCUT2D eigenvalue weighted by atomic mass is 9.96. The Labute approximate surface area is 198 Å². The lowest BCUT2D eigenvalue weighted by Gasteiger charge is -2.18. The van der Waals surface area contributed by atoms with Crippen molar-refractivity contribution in [1.82, 2.24) is 4.98 Å². The standard InChI is InChI=1S/C29H25N3O2/c1-20-10-11-23-14-17-25(29(33)28(23)31-20)27(32-26-9-5-6-18-30-26)22-12-15-24(16-13-22)34-19-21-7-3-2-4-8-21/h2-18,27,33H,19H2,1H3,(H,30,32)/p+1/t27-/m0/s1. The summed E-state index contributed by atoms with van der Waals surface area (Å²) in [4.78, 5) is 7.80. The largest absolute Gasteiger partial charge is 0.505 e. The maximum atomic E-state index is 11.2. The van der Waals surface area contributed by atoms with Crippen LogP contribution in [-0.4, -0.2) is 10.1 Å². The first kappa shape index (κ1) is 21.5. The van der Waals surface area contributed by atoms with E-state index >= 15 is 0 Å². The molecule has 5 aromatic rings. The van der Waals surface area contributed by atoms with Crippen LogP contribution >= 0.6 is 0 Å². The number of nitrogens with zero attached hydrogens (tertiary/aromatic N) is 1. The third kappa shape index (κ3) is 4.69. The number of pyridine rings is 2. The van der Waals surface area contributed by atoms with Gasteiger partial charge in [-0.3, -0.25) is 5.32 Å². The Morgan fingerprint density at radius 1 is 0.882 bits per heavy atom. The van der Waals surface area contributed by atoms with E-state index in [1.54, 1.807) is 0 Å². The minimum Gasteiger partial charge on any atom is -0.505 e. The van der Waals surface area contributed by atoms with Crippen LogP contribution in [0.4, 0.5) is 5.82 Å². The second kappa shape index (κ2) is 9.63. The highest BCUT2D eigenvalue weighted by Gasteiger charge is 2.24. The monoisotopic (exact) mass is 448 g/mol. The van der Waals surface area contributed by atoms with Crippen LogP contribution in [0.5, 0.6) is 11.5 Å². The fourth-order valence-corrected chi connectivity index (χ4v) is 4.00. The Balaban J connectivity index is 1.48. The fraction of sp³-hybridized carbons (Fsp3) is 0.103. The van der Waals surface area contributed by atoms with Crippen molar-refractivity contribution in [1.29, 1.82) is 0 Å². The van der Waals surface area contributed by atoms with Crippen molar-refractivity contribution in [3.05, 3.63) is 126 Å². The number of aromatic nitrogens is 2. The van der Waals surface area contributed by atoms with E-state index in [1.165, 1.54) is 0 Å². The Kier molecular flexibility index (Phi) is 6.08. The number of aromatic hydroxyl groups is 1. The van der Waals surface area contributed by atoms with Crippen molar-refractivity contribution in [3.63, 3.8) is 0 Å². The van der Waals surface area contributed by atoms with E-state index in [2.05, 4.69) is 15.3 Å². The smallest absolute Gasteiger partial charge is 0.272 e. The van der Waals surface area contributed by atoms with Crippen molar-refractivity contribution in [3.8, 4) is 11.5 Å². The summed E-state index contributed by atoms with van der Waals surface area (Å²) in [5.41, 5.74) is 4.33. The van der Waals surface area contributed by atoms with Gasteiger partial charge in [0.2, 0.25) is 0 Å². The Morgan fingerprint density at radius 2 is 1.65 bits per heavy atom. The zero-order valence-electron chi connectivity index (χ0n) is 18.9. The molecule has 1 atom stereocenters. The normalized spacial score (nSPS) is 11.8. The van der Waals surface area contributed by atoms with Crippen molar-refractivity contribution < 1.29 is 14.8 Å². The van der Waals surface area contributed by atoms with Gasteiger partial charge in [-0.15, -0.1) is 0 Å². The molecule has 0 radical (unpaired) electrons. The minimum atomic E-state index is -0.298. The molecule has 3 N–H and O–H groups in total. The van der Waals surface area contributed by atoms with Crippen LogP contribution in [0.15, 0.2) is 103 Å². The molecule has 2 aromatic heterocycles. The summed E-state index contributed by atoms with van der Waals surface area (Å²) in [7, 11) is 0. The predicted molar refractivity (Wildman–Crippen MR) is 134 cm³/mol. The topological polar surface area (TPSA) is 68.5 Å². The molecule has 0 aliphatic heterocycles. The summed E-state index contributed by atoms with van der Waals surface area (Å²) in [5.74, 6) is 1.81. The lowest BCUT2D eigenvalue weighted by molar-refractivity contribution is -0.361. The number of phenolic OH excluding ortho intramolecular Hbond substituents is 1. The second-order valence-electron chi connectivity index (χ2n) is 8.22. The molecule has 3 aromatic carbocycles. The van der Waals surface area contributed by atoms with Crippen LogP contribution < -0.4 is 15.0 Å². The van der Waals surface area contributed by atoms with Gasteiger partial charge in [-0.1, -0.05) is 60.7 Å². The third-order valence-electron chi connectivity index (χ3n) is 5.79. The van der Waals surface area contributed by atoms with E-state index in [1.807, 2.05) is 110 Å². The number of rotatable bonds is 7. The van der Waals surface area contributed by atoms with E-state index in [0.29, 0.717) is 12.1 Å². The molecule has 0 unspecified atom stereocenters. The van der Waals surface area contributed by atoms with Gasteiger partial charge in [0.05, 0.1) is 6.20 Å². The molecule has 0 aliphatic carbocycles. The molecule has 2 heterocycles. The van der Waals surface area contributed by atoms with Crippen LogP contribution in [0, 0.1) is 6.92 Å². The average Bonchev–Trinajstić information content (AvgIpc) is 2.89. The Morgan fingerprint density at radius 3 is 2.41 bits per heavy atom. The molecular formula is C29H26N3O2+. The molecule has 5 rings (SSSR count). The number of hydrogen-bond acceptors (Lipinski definition) is 4. The molecule has 5 heteroatoms. The summed E-state index contributed by atoms with van der Waals surface area (Å²) in [6.07, 6.45) is 1.87. The van der Waals surface area contributed by atoms with E-state index < -0.39 is 0 Å². The lowest BCUT2D eigenvalue weighted by Crippen LogP contribution is -2.19. The van der Waals surface area contributed by atoms with E-state index in [-0.39, 0.29) is 11.8 Å². The molecule has 0 aliphatic rings. The van der Waals surface area contributed by atoms with Gasteiger partial charge in [0, 0.05) is 28.3 Å². The number of aryl methyl sites for hydroxylation is 1. The number of nitrogens with one attached hydrogen (secondary N) is 2. The first-order chi connectivity index (χ1) is 16.7. The predicted octanol–water partition coefficient (Wildman–Crippen LogP) is 5.84. The Bertz CT molecular complexity index is 1390. The zero-order valence-corrected chi connectivity index (χ0v) is 18.9. The van der Waals surface area contributed by atoms with Gasteiger partial charge < -0.3 is 9.84 Å². The van der Waals surface area contributed by atoms with Gasteiger partial charge in [-0.05, 0) is 42.8 Å². The molecule has 5 nitrogen and oxygen atoms in total. The van der Waals surface area contributed by atoms with Gasteiger partial charge in [0.25, 0.3) is 5.82 Å². The van der Waals surface area contributed by atoms with E-state index in [0.717, 1.165) is 39.3 Å². The summed E-state index contributed by atoms with van der Waals surface area (Å²) in [6.45, 7) is 2.44. The van der Waals surface area contributed by atoms with Crippen molar-refractivity contribution in [2.24, 2.45) is 0 Å². The third-order valence-corrected chi connectivity index (χ3v) is 5.79. The second-order valence-corrected chi connectivity index (χ2v) is 8.22. The molecular weight excluding hydrogens is 422 g/mol. The van der Waals surface area contributed by atoms with Crippen LogP contribution in [0.1, 0.15) is 28.4 Å². The summed E-state index contributed by atoms with van der Waals surface area (Å²) < 4.78 is 5.96. The average molecular weight is 449 g/mol. The molecule has 0 fully saturated rings. The van der Waals surface area contributed by atoms with Crippen LogP contribution in [-0.2, 0) is 6.61 Å². The molecule has 34 heavy (non-hydrogen) atoms. The number of aromatic amines is 1. The van der Waals surface area contributed by atoms with E-state index in [4.69, 9.17) is 4.74 Å². The van der Waals surface area contributed by atoms with Crippen molar-refractivity contribution >= 4 is 16.7 Å². The van der Waals surface area contributed by atoms with Gasteiger partial charge in [-0.25, -0.2) is 9.97 Å². The maximum Gasteiger partial charge on any atom is 0.272 e. The van der Waals surface area contributed by atoms with Crippen molar-refractivity contribution in [2.45, 2.75) is 19.6 Å². The highest BCUT2D eigenvalue weighted by molar-refractivity contribution is 5.86. The SMILES string of the molecule is Cc1ccc2ccc([C@@H](Nc3cccc[nH+]3)c3ccc(OCc4ccccc4)cc3)c(O)c2n1. The summed E-state index contributed by atoms with van der Waals surface area (Å²) in [5, 5.41) is 15.6. The van der Waals surface area contributed by atoms with E-state index in [9.17, 15) is 5.11 Å². The van der Waals surface area contributed by atoms with Gasteiger partial charge >= 0.3 is 0 Å². The van der Waals surface area contributed by atoms with Crippen LogP contribution in [0.25, 0.3) is 10.9 Å². The minimum absolute atomic E-state index is 0.180. The number of anilines is 1. The van der Waals surface area contributed by atoms with Gasteiger partial charge in [0.1, 0.15) is 29.7 Å². The van der Waals surface area contributed by atoms with Crippen LogP contribution in [0.2, 0.25) is 0 Å². The number of H-pyrrole nitrogens is 1. The summed E-state index contributed by atoms with van der Waals surface area (Å²) >= 11 is 0.